The SMILES string of the molecule is Nc1ccc(C(=O)C2=CCCO2)cc1. The maximum atomic E-state index is 11.7. The predicted octanol–water partition coefficient (Wildman–Crippen LogP) is 1.76. The van der Waals surface area contributed by atoms with Gasteiger partial charge in [0.25, 0.3) is 0 Å². The monoisotopic (exact) mass is 189 g/mol. The fourth-order valence-electron chi connectivity index (χ4n) is 1.35. The lowest BCUT2D eigenvalue weighted by atomic mass is 10.1. The molecule has 1 aliphatic rings. The van der Waals surface area contributed by atoms with Crippen LogP contribution in [0.15, 0.2) is 36.1 Å². The molecular weight excluding hydrogens is 178 g/mol. The molecule has 0 aliphatic carbocycles. The lowest BCUT2D eigenvalue weighted by molar-refractivity contribution is 0.0942. The number of hydrogen-bond acceptors (Lipinski definition) is 3. The molecule has 14 heavy (non-hydrogen) atoms. The van der Waals surface area contributed by atoms with Crippen molar-refractivity contribution >= 4 is 11.5 Å². The molecule has 0 fully saturated rings. The summed E-state index contributed by atoms with van der Waals surface area (Å²) in [5.74, 6) is 0.386. The lowest BCUT2D eigenvalue weighted by Crippen LogP contribution is -2.03. The van der Waals surface area contributed by atoms with Crippen molar-refractivity contribution in [2.45, 2.75) is 6.42 Å². The zero-order valence-electron chi connectivity index (χ0n) is 7.69. The van der Waals surface area contributed by atoms with Crippen molar-refractivity contribution in [3.63, 3.8) is 0 Å². The summed E-state index contributed by atoms with van der Waals surface area (Å²) in [6.07, 6.45) is 2.63. The zero-order chi connectivity index (χ0) is 9.97. The molecule has 1 heterocycles. The molecule has 0 amide bonds. The Morgan fingerprint density at radius 2 is 2.00 bits per heavy atom. The third-order valence-electron chi connectivity index (χ3n) is 2.10. The lowest BCUT2D eigenvalue weighted by Gasteiger charge is -2.02. The number of benzene rings is 1. The van der Waals surface area contributed by atoms with Gasteiger partial charge in [0, 0.05) is 17.7 Å². The van der Waals surface area contributed by atoms with Crippen LogP contribution >= 0.6 is 0 Å². The van der Waals surface area contributed by atoms with Crippen molar-refractivity contribution < 1.29 is 9.53 Å². The fraction of sp³-hybridized carbons (Fsp3) is 0.182. The summed E-state index contributed by atoms with van der Waals surface area (Å²) in [4.78, 5) is 11.7. The Kier molecular flexibility index (Phi) is 2.23. The van der Waals surface area contributed by atoms with E-state index in [4.69, 9.17) is 10.5 Å². The van der Waals surface area contributed by atoms with Crippen LogP contribution in [0, 0.1) is 0 Å². The van der Waals surface area contributed by atoms with Crippen molar-refractivity contribution in [2.24, 2.45) is 0 Å². The number of nitrogens with two attached hydrogens (primary N) is 1. The summed E-state index contributed by atoms with van der Waals surface area (Å²) < 4.78 is 5.18. The summed E-state index contributed by atoms with van der Waals surface area (Å²) in [5.41, 5.74) is 6.80. The second-order valence-corrected chi connectivity index (χ2v) is 3.16. The van der Waals surface area contributed by atoms with E-state index in [-0.39, 0.29) is 5.78 Å². The van der Waals surface area contributed by atoms with Crippen LogP contribution in [0.3, 0.4) is 0 Å². The van der Waals surface area contributed by atoms with Crippen LogP contribution < -0.4 is 5.73 Å². The van der Waals surface area contributed by atoms with Gasteiger partial charge in [-0.25, -0.2) is 0 Å². The number of allylic oxidation sites excluding steroid dienone is 1. The van der Waals surface area contributed by atoms with Crippen LogP contribution in [0.1, 0.15) is 16.8 Å². The van der Waals surface area contributed by atoms with Crippen molar-refractivity contribution in [1.82, 2.24) is 0 Å². The largest absolute Gasteiger partial charge is 0.489 e. The summed E-state index contributed by atoms with van der Waals surface area (Å²) in [7, 11) is 0. The summed E-state index contributed by atoms with van der Waals surface area (Å²) in [6.45, 7) is 0.607. The third kappa shape index (κ3) is 1.62. The van der Waals surface area contributed by atoms with Gasteiger partial charge in [-0.05, 0) is 30.3 Å². The van der Waals surface area contributed by atoms with Crippen LogP contribution in [-0.4, -0.2) is 12.4 Å². The molecule has 0 bridgehead atoms. The number of hydrogen-bond donors (Lipinski definition) is 1. The minimum atomic E-state index is -0.0671. The number of Topliss-reactive ketones (excluding diaryl/α,β-unsaturated/α-hetero) is 1. The van der Waals surface area contributed by atoms with E-state index in [2.05, 4.69) is 0 Å². The number of rotatable bonds is 2. The fourth-order valence-corrected chi connectivity index (χ4v) is 1.35. The van der Waals surface area contributed by atoms with Crippen molar-refractivity contribution in [3.8, 4) is 0 Å². The van der Waals surface area contributed by atoms with E-state index in [1.54, 1.807) is 24.3 Å². The molecule has 0 radical (unpaired) electrons. The highest BCUT2D eigenvalue weighted by molar-refractivity contribution is 6.07. The number of carbonyl (C=O) groups excluding carboxylic acids is 1. The van der Waals surface area contributed by atoms with Gasteiger partial charge in [0.1, 0.15) is 0 Å². The molecule has 0 saturated carbocycles. The van der Waals surface area contributed by atoms with Crippen LogP contribution in [-0.2, 0) is 4.74 Å². The first-order valence-corrected chi connectivity index (χ1v) is 4.50. The van der Waals surface area contributed by atoms with Crippen molar-refractivity contribution in [1.29, 1.82) is 0 Å². The number of anilines is 1. The van der Waals surface area contributed by atoms with E-state index in [1.165, 1.54) is 0 Å². The van der Waals surface area contributed by atoms with Crippen LogP contribution in [0.5, 0.6) is 0 Å². The topological polar surface area (TPSA) is 52.3 Å². The van der Waals surface area contributed by atoms with Gasteiger partial charge in [0.2, 0.25) is 5.78 Å². The smallest absolute Gasteiger partial charge is 0.227 e. The number of ketones is 1. The molecular formula is C11H11NO2. The maximum absolute atomic E-state index is 11.7. The van der Waals surface area contributed by atoms with E-state index in [0.717, 1.165) is 6.42 Å². The van der Waals surface area contributed by atoms with E-state index in [1.807, 2.05) is 6.08 Å². The van der Waals surface area contributed by atoms with Gasteiger partial charge >= 0.3 is 0 Å². The summed E-state index contributed by atoms with van der Waals surface area (Å²) in [5, 5.41) is 0. The molecule has 2 N–H and O–H groups in total. The van der Waals surface area contributed by atoms with Gasteiger partial charge in [-0.3, -0.25) is 4.79 Å². The number of carbonyl (C=O) groups is 1. The molecule has 0 aromatic heterocycles. The summed E-state index contributed by atoms with van der Waals surface area (Å²) in [6, 6.07) is 6.84. The summed E-state index contributed by atoms with van der Waals surface area (Å²) >= 11 is 0. The second-order valence-electron chi connectivity index (χ2n) is 3.16. The zero-order valence-corrected chi connectivity index (χ0v) is 7.69. The molecule has 1 aliphatic heterocycles. The highest BCUT2D eigenvalue weighted by Crippen LogP contribution is 2.16. The van der Waals surface area contributed by atoms with E-state index in [0.29, 0.717) is 23.6 Å². The predicted molar refractivity (Wildman–Crippen MR) is 53.8 cm³/mol. The molecule has 2 rings (SSSR count). The second kappa shape index (κ2) is 3.54. The molecule has 0 saturated heterocycles. The average Bonchev–Trinajstić information content (AvgIpc) is 2.71. The molecule has 0 atom stereocenters. The third-order valence-corrected chi connectivity index (χ3v) is 2.10. The van der Waals surface area contributed by atoms with Gasteiger partial charge in [-0.1, -0.05) is 0 Å². The minimum Gasteiger partial charge on any atom is -0.489 e. The van der Waals surface area contributed by atoms with Crippen molar-refractivity contribution in [3.05, 3.63) is 41.7 Å². The van der Waals surface area contributed by atoms with Gasteiger partial charge in [-0.15, -0.1) is 0 Å². The maximum Gasteiger partial charge on any atom is 0.227 e. The van der Waals surface area contributed by atoms with Gasteiger partial charge in [0.05, 0.1) is 6.61 Å². The Hall–Kier alpha value is -1.77. The van der Waals surface area contributed by atoms with E-state index in [9.17, 15) is 4.79 Å². The van der Waals surface area contributed by atoms with Gasteiger partial charge in [-0.2, -0.15) is 0 Å². The molecule has 3 nitrogen and oxygen atoms in total. The Morgan fingerprint density at radius 3 is 2.57 bits per heavy atom. The first-order chi connectivity index (χ1) is 6.77. The molecule has 72 valence electrons. The highest BCUT2D eigenvalue weighted by atomic mass is 16.5. The van der Waals surface area contributed by atoms with Gasteiger partial charge < -0.3 is 10.5 Å². The Morgan fingerprint density at radius 1 is 1.29 bits per heavy atom. The van der Waals surface area contributed by atoms with Gasteiger partial charge in [0.15, 0.2) is 5.76 Å². The molecule has 3 heteroatoms. The molecule has 0 spiro atoms. The quantitative estimate of drug-likeness (QED) is 0.569. The van der Waals surface area contributed by atoms with Crippen LogP contribution in [0.4, 0.5) is 5.69 Å². The Labute approximate surface area is 82.2 Å². The normalized spacial score (nSPS) is 14.7. The molecule has 1 aromatic rings. The van der Waals surface area contributed by atoms with E-state index < -0.39 is 0 Å². The Balaban J connectivity index is 2.22. The van der Waals surface area contributed by atoms with Crippen molar-refractivity contribution in [2.75, 3.05) is 12.3 Å². The molecule has 0 unspecified atom stereocenters. The first-order valence-electron chi connectivity index (χ1n) is 4.50. The average molecular weight is 189 g/mol. The van der Waals surface area contributed by atoms with Crippen LogP contribution in [0.25, 0.3) is 0 Å². The number of ether oxygens (including phenoxy) is 1. The first kappa shape index (κ1) is 8.81. The molecule has 1 aromatic carbocycles. The highest BCUT2D eigenvalue weighted by Gasteiger charge is 2.16. The van der Waals surface area contributed by atoms with E-state index >= 15 is 0 Å². The Bertz CT molecular complexity index is 379. The standard InChI is InChI=1S/C11H11NO2/c12-9-5-3-8(4-6-9)11(13)10-2-1-7-14-10/h2-6H,1,7,12H2. The number of nitrogen functional groups attached to an aromatic ring is 1. The van der Waals surface area contributed by atoms with Crippen LogP contribution in [0.2, 0.25) is 0 Å². The minimum absolute atomic E-state index is 0.0671.